The monoisotopic (exact) mass is 377 g/mol. The maximum absolute atomic E-state index is 12.6. The van der Waals surface area contributed by atoms with Crippen LogP contribution in [0.15, 0.2) is 22.2 Å². The molecule has 2 aromatic heterocycles. The molecule has 1 unspecified atom stereocenters. The fourth-order valence-electron chi connectivity index (χ4n) is 3.43. The van der Waals surface area contributed by atoms with E-state index in [1.165, 1.54) is 12.8 Å². The number of nitrogens with zero attached hydrogens (tertiary/aromatic N) is 3. The Morgan fingerprint density at radius 1 is 1.28 bits per heavy atom. The van der Waals surface area contributed by atoms with Crippen LogP contribution in [0, 0.1) is 0 Å². The van der Waals surface area contributed by atoms with E-state index >= 15 is 0 Å². The van der Waals surface area contributed by atoms with E-state index in [1.54, 1.807) is 22.7 Å². The Kier molecular flexibility index (Phi) is 5.45. The third kappa shape index (κ3) is 4.28. The fraction of sp³-hybridized carbons (Fsp3) is 0.556. The number of hydrogen-bond acceptors (Lipinski definition) is 6. The van der Waals surface area contributed by atoms with Crippen molar-refractivity contribution < 1.29 is 9.53 Å². The molecule has 0 aliphatic carbocycles. The molecule has 7 heteroatoms. The van der Waals surface area contributed by atoms with Gasteiger partial charge < -0.3 is 9.64 Å². The lowest BCUT2D eigenvalue weighted by molar-refractivity contribution is -0.132. The standard InChI is InChI=1S/C18H23N3O2S2/c22-17(10-15-13-25-18(19-15)14-3-9-24-12-14)21-6-4-20(5-7-21)11-16-2-1-8-23-16/h3,9,12-13,16H,1-2,4-8,10-11H2. The van der Waals surface area contributed by atoms with E-state index in [-0.39, 0.29) is 5.91 Å². The summed E-state index contributed by atoms with van der Waals surface area (Å²) in [5, 5.41) is 7.17. The molecule has 4 rings (SSSR count). The van der Waals surface area contributed by atoms with Crippen molar-refractivity contribution in [2.45, 2.75) is 25.4 Å². The summed E-state index contributed by atoms with van der Waals surface area (Å²) in [5.41, 5.74) is 2.04. The maximum Gasteiger partial charge on any atom is 0.228 e. The molecule has 0 saturated carbocycles. The fourth-order valence-corrected chi connectivity index (χ4v) is 4.96. The molecule has 1 amide bonds. The Labute approximate surface area is 156 Å². The summed E-state index contributed by atoms with van der Waals surface area (Å²) in [6.45, 7) is 5.44. The van der Waals surface area contributed by atoms with Crippen molar-refractivity contribution in [2.24, 2.45) is 0 Å². The number of thiophene rings is 1. The Hall–Kier alpha value is -1.28. The van der Waals surface area contributed by atoms with E-state index in [0.29, 0.717) is 12.5 Å². The molecule has 2 fully saturated rings. The number of ether oxygens (including phenoxy) is 1. The van der Waals surface area contributed by atoms with E-state index in [4.69, 9.17) is 4.74 Å². The van der Waals surface area contributed by atoms with Gasteiger partial charge in [-0.15, -0.1) is 11.3 Å². The summed E-state index contributed by atoms with van der Waals surface area (Å²) in [7, 11) is 0. The van der Waals surface area contributed by atoms with Gasteiger partial charge in [0, 0.05) is 55.7 Å². The third-order valence-corrected chi connectivity index (χ3v) is 6.49. The average Bonchev–Trinajstić information content (AvgIpc) is 3.38. The molecule has 2 aliphatic rings. The summed E-state index contributed by atoms with van der Waals surface area (Å²) >= 11 is 3.29. The van der Waals surface area contributed by atoms with Crippen LogP contribution in [0.25, 0.3) is 10.6 Å². The third-order valence-electron chi connectivity index (χ3n) is 4.86. The van der Waals surface area contributed by atoms with E-state index in [0.717, 1.165) is 55.6 Å². The van der Waals surface area contributed by atoms with Crippen molar-refractivity contribution in [2.75, 3.05) is 39.3 Å². The SMILES string of the molecule is O=C(Cc1csc(-c2ccsc2)n1)N1CCN(CC2CCCO2)CC1. The molecule has 0 spiro atoms. The topological polar surface area (TPSA) is 45.7 Å². The minimum Gasteiger partial charge on any atom is -0.377 e. The number of piperazine rings is 1. The lowest BCUT2D eigenvalue weighted by Gasteiger charge is -2.35. The van der Waals surface area contributed by atoms with Crippen LogP contribution in [0.4, 0.5) is 0 Å². The van der Waals surface area contributed by atoms with Gasteiger partial charge in [-0.05, 0) is 24.3 Å². The molecule has 1 atom stereocenters. The van der Waals surface area contributed by atoms with Crippen LogP contribution in [0.3, 0.4) is 0 Å². The molecule has 2 saturated heterocycles. The molecule has 0 aromatic carbocycles. The van der Waals surface area contributed by atoms with Gasteiger partial charge in [-0.1, -0.05) is 0 Å². The highest BCUT2D eigenvalue weighted by Crippen LogP contribution is 2.26. The number of rotatable bonds is 5. The second-order valence-electron chi connectivity index (χ2n) is 6.65. The van der Waals surface area contributed by atoms with Crippen LogP contribution in [0.5, 0.6) is 0 Å². The van der Waals surface area contributed by atoms with Gasteiger partial charge in [0.25, 0.3) is 0 Å². The second-order valence-corrected chi connectivity index (χ2v) is 8.29. The first-order valence-electron chi connectivity index (χ1n) is 8.86. The van der Waals surface area contributed by atoms with Crippen LogP contribution < -0.4 is 0 Å². The second kappa shape index (κ2) is 7.95. The minimum absolute atomic E-state index is 0.193. The highest BCUT2D eigenvalue weighted by Gasteiger charge is 2.25. The Bertz CT molecular complexity index is 687. The van der Waals surface area contributed by atoms with Crippen molar-refractivity contribution in [1.29, 1.82) is 0 Å². The van der Waals surface area contributed by atoms with Crippen molar-refractivity contribution in [3.63, 3.8) is 0 Å². The molecule has 2 aromatic rings. The lowest BCUT2D eigenvalue weighted by Crippen LogP contribution is -2.50. The zero-order valence-electron chi connectivity index (χ0n) is 14.2. The molecule has 134 valence electrons. The summed E-state index contributed by atoms with van der Waals surface area (Å²) in [6, 6.07) is 2.07. The van der Waals surface area contributed by atoms with Gasteiger partial charge in [-0.2, -0.15) is 11.3 Å². The highest BCUT2D eigenvalue weighted by molar-refractivity contribution is 7.14. The van der Waals surface area contributed by atoms with Gasteiger partial charge in [0.15, 0.2) is 0 Å². The summed E-state index contributed by atoms with van der Waals surface area (Å²) < 4.78 is 5.71. The van der Waals surface area contributed by atoms with Crippen LogP contribution >= 0.6 is 22.7 Å². The zero-order chi connectivity index (χ0) is 17.1. The van der Waals surface area contributed by atoms with Crippen molar-refractivity contribution >= 4 is 28.6 Å². The molecular formula is C18H23N3O2S2. The Morgan fingerprint density at radius 3 is 2.88 bits per heavy atom. The normalized spacial score (nSPS) is 21.8. The first kappa shape index (κ1) is 17.1. The van der Waals surface area contributed by atoms with Crippen molar-refractivity contribution in [1.82, 2.24) is 14.8 Å². The molecule has 2 aliphatic heterocycles. The summed E-state index contributed by atoms with van der Waals surface area (Å²) in [4.78, 5) is 21.6. The van der Waals surface area contributed by atoms with E-state index in [1.807, 2.05) is 10.3 Å². The first-order valence-corrected chi connectivity index (χ1v) is 10.7. The van der Waals surface area contributed by atoms with Crippen molar-refractivity contribution in [3.8, 4) is 10.6 Å². The molecule has 4 heterocycles. The summed E-state index contributed by atoms with van der Waals surface area (Å²) in [6.07, 6.45) is 3.17. The number of hydrogen-bond donors (Lipinski definition) is 0. The number of carbonyl (C=O) groups is 1. The van der Waals surface area contributed by atoms with E-state index in [9.17, 15) is 4.79 Å². The minimum atomic E-state index is 0.193. The average molecular weight is 378 g/mol. The predicted octanol–water partition coefficient (Wildman–Crippen LogP) is 2.74. The molecule has 0 N–H and O–H groups in total. The molecule has 0 bridgehead atoms. The van der Waals surface area contributed by atoms with E-state index in [2.05, 4.69) is 26.7 Å². The van der Waals surface area contributed by atoms with Gasteiger partial charge in [0.2, 0.25) is 5.91 Å². The molecular weight excluding hydrogens is 354 g/mol. The van der Waals surface area contributed by atoms with Crippen LogP contribution in [0.1, 0.15) is 18.5 Å². The van der Waals surface area contributed by atoms with Crippen LogP contribution in [-0.2, 0) is 16.0 Å². The van der Waals surface area contributed by atoms with E-state index < -0.39 is 0 Å². The number of aromatic nitrogens is 1. The van der Waals surface area contributed by atoms with Crippen LogP contribution in [0.2, 0.25) is 0 Å². The number of carbonyl (C=O) groups excluding carboxylic acids is 1. The van der Waals surface area contributed by atoms with Gasteiger partial charge >= 0.3 is 0 Å². The first-order chi connectivity index (χ1) is 12.3. The molecule has 0 radical (unpaired) electrons. The van der Waals surface area contributed by atoms with Crippen molar-refractivity contribution in [3.05, 3.63) is 27.9 Å². The lowest BCUT2D eigenvalue weighted by atomic mass is 10.2. The quantitative estimate of drug-likeness (QED) is 0.804. The van der Waals surface area contributed by atoms with Crippen LogP contribution in [-0.4, -0.2) is 66.1 Å². The number of amides is 1. The van der Waals surface area contributed by atoms with Gasteiger partial charge in [-0.3, -0.25) is 9.69 Å². The smallest absolute Gasteiger partial charge is 0.228 e. The molecule has 5 nitrogen and oxygen atoms in total. The zero-order valence-corrected chi connectivity index (χ0v) is 15.9. The van der Waals surface area contributed by atoms with Gasteiger partial charge in [0.05, 0.1) is 18.2 Å². The largest absolute Gasteiger partial charge is 0.377 e. The van der Waals surface area contributed by atoms with Gasteiger partial charge in [0.1, 0.15) is 5.01 Å². The predicted molar refractivity (Wildman–Crippen MR) is 101 cm³/mol. The van der Waals surface area contributed by atoms with Gasteiger partial charge in [-0.25, -0.2) is 4.98 Å². The highest BCUT2D eigenvalue weighted by atomic mass is 32.1. The Balaban J connectivity index is 1.26. The number of thiazole rings is 1. The summed E-state index contributed by atoms with van der Waals surface area (Å²) in [5.74, 6) is 0.193. The Morgan fingerprint density at radius 2 is 2.16 bits per heavy atom. The maximum atomic E-state index is 12.6. The molecule has 25 heavy (non-hydrogen) atoms.